The Hall–Kier alpha value is -2.35. The van der Waals surface area contributed by atoms with E-state index in [4.69, 9.17) is 26.4 Å². The molecule has 0 aliphatic heterocycles. The molecule has 0 saturated heterocycles. The van der Waals surface area contributed by atoms with Crippen molar-refractivity contribution in [3.63, 3.8) is 0 Å². The highest BCUT2D eigenvalue weighted by Gasteiger charge is 2.10. The van der Waals surface area contributed by atoms with E-state index >= 15 is 0 Å². The normalized spacial score (nSPS) is 10.3. The molecule has 0 spiro atoms. The zero-order valence-electron chi connectivity index (χ0n) is 17.0. The van der Waals surface area contributed by atoms with Crippen molar-refractivity contribution in [2.45, 2.75) is 46.6 Å². The number of methoxy groups -OCH3 is 1. The summed E-state index contributed by atoms with van der Waals surface area (Å²) in [6.07, 6.45) is 1.02. The Labute approximate surface area is 172 Å². The van der Waals surface area contributed by atoms with Crippen molar-refractivity contribution in [1.29, 1.82) is 0 Å². The Morgan fingerprint density at radius 1 is 1.18 bits per heavy atom. The Balaban J connectivity index is 2.45. The van der Waals surface area contributed by atoms with Crippen molar-refractivity contribution in [2.75, 3.05) is 20.3 Å². The molecule has 0 aliphatic rings. The average Bonchev–Trinajstić information content (AvgIpc) is 2.65. The van der Waals surface area contributed by atoms with Crippen LogP contribution in [0.15, 0.2) is 18.2 Å². The third kappa shape index (κ3) is 9.55. The van der Waals surface area contributed by atoms with Crippen LogP contribution < -0.4 is 20.1 Å². The van der Waals surface area contributed by atoms with Gasteiger partial charge in [0.2, 0.25) is 5.91 Å². The van der Waals surface area contributed by atoms with Gasteiger partial charge in [-0.15, -0.1) is 0 Å². The van der Waals surface area contributed by atoms with Gasteiger partial charge in [0, 0.05) is 13.0 Å². The molecule has 28 heavy (non-hydrogen) atoms. The minimum absolute atomic E-state index is 0.0247. The molecule has 0 aliphatic carbocycles. The summed E-state index contributed by atoms with van der Waals surface area (Å²) in [5.41, 5.74) is 0.927. The molecule has 0 heterocycles. The number of hydrogen-bond donors (Lipinski definition) is 2. The van der Waals surface area contributed by atoms with E-state index in [1.807, 2.05) is 18.2 Å². The van der Waals surface area contributed by atoms with Crippen LogP contribution in [0.5, 0.6) is 11.5 Å². The first-order valence-electron chi connectivity index (χ1n) is 9.38. The van der Waals surface area contributed by atoms with Crippen molar-refractivity contribution in [3.8, 4) is 11.5 Å². The van der Waals surface area contributed by atoms with E-state index in [-0.39, 0.29) is 23.9 Å². The number of rotatable bonds is 11. The Morgan fingerprint density at radius 3 is 2.57 bits per heavy atom. The molecular formula is C20H30N2O5S. The molecule has 1 aromatic carbocycles. The summed E-state index contributed by atoms with van der Waals surface area (Å²) in [4.78, 5) is 23.0. The SMILES string of the molecule is CCOC(=O)CCC(=O)NC(=S)NCc1ccc(OCCC(C)C)c(OC)c1. The number of carbonyl (C=O) groups is 2. The predicted molar refractivity (Wildman–Crippen MR) is 111 cm³/mol. The highest BCUT2D eigenvalue weighted by atomic mass is 32.1. The highest BCUT2D eigenvalue weighted by Crippen LogP contribution is 2.28. The van der Waals surface area contributed by atoms with Crippen LogP contribution in [0.1, 0.15) is 45.6 Å². The van der Waals surface area contributed by atoms with E-state index in [1.54, 1.807) is 14.0 Å². The van der Waals surface area contributed by atoms with E-state index in [0.29, 0.717) is 37.2 Å². The van der Waals surface area contributed by atoms with E-state index in [1.165, 1.54) is 0 Å². The van der Waals surface area contributed by atoms with Crippen molar-refractivity contribution in [1.82, 2.24) is 10.6 Å². The number of benzene rings is 1. The summed E-state index contributed by atoms with van der Waals surface area (Å²) in [5, 5.41) is 5.70. The molecule has 1 amide bonds. The lowest BCUT2D eigenvalue weighted by Gasteiger charge is -2.14. The van der Waals surface area contributed by atoms with E-state index in [9.17, 15) is 9.59 Å². The summed E-state index contributed by atoms with van der Waals surface area (Å²) in [7, 11) is 1.59. The topological polar surface area (TPSA) is 85.9 Å². The molecule has 156 valence electrons. The molecule has 0 unspecified atom stereocenters. The van der Waals surface area contributed by atoms with Gasteiger partial charge in [0.1, 0.15) is 0 Å². The van der Waals surface area contributed by atoms with Gasteiger partial charge < -0.3 is 24.8 Å². The van der Waals surface area contributed by atoms with Crippen LogP contribution in [-0.4, -0.2) is 37.3 Å². The third-order valence-electron chi connectivity index (χ3n) is 3.75. The number of amides is 1. The zero-order valence-corrected chi connectivity index (χ0v) is 17.8. The summed E-state index contributed by atoms with van der Waals surface area (Å²) in [6, 6.07) is 5.63. The first-order chi connectivity index (χ1) is 13.3. The number of nitrogens with one attached hydrogen (secondary N) is 2. The van der Waals surface area contributed by atoms with Crippen LogP contribution in [0.25, 0.3) is 0 Å². The molecule has 0 fully saturated rings. The van der Waals surface area contributed by atoms with Gasteiger partial charge >= 0.3 is 5.97 Å². The van der Waals surface area contributed by atoms with Gasteiger partial charge in [0.25, 0.3) is 0 Å². The minimum Gasteiger partial charge on any atom is -0.493 e. The van der Waals surface area contributed by atoms with Gasteiger partial charge in [-0.2, -0.15) is 0 Å². The van der Waals surface area contributed by atoms with Gasteiger partial charge in [0.05, 0.1) is 26.7 Å². The minimum atomic E-state index is -0.403. The zero-order chi connectivity index (χ0) is 20.9. The highest BCUT2D eigenvalue weighted by molar-refractivity contribution is 7.80. The lowest BCUT2D eigenvalue weighted by molar-refractivity contribution is -0.144. The molecule has 2 N–H and O–H groups in total. The Kier molecular flexibility index (Phi) is 10.9. The van der Waals surface area contributed by atoms with Gasteiger partial charge in [-0.05, 0) is 49.2 Å². The number of carbonyl (C=O) groups excluding carboxylic acids is 2. The molecule has 0 aromatic heterocycles. The second-order valence-corrected chi connectivity index (χ2v) is 6.96. The maximum Gasteiger partial charge on any atom is 0.306 e. The lowest BCUT2D eigenvalue weighted by atomic mass is 10.1. The van der Waals surface area contributed by atoms with Crippen molar-refractivity contribution >= 4 is 29.2 Å². The molecule has 0 bridgehead atoms. The van der Waals surface area contributed by atoms with E-state index < -0.39 is 5.97 Å². The number of hydrogen-bond acceptors (Lipinski definition) is 6. The van der Waals surface area contributed by atoms with Crippen LogP contribution in [0.2, 0.25) is 0 Å². The molecular weight excluding hydrogens is 380 g/mol. The maximum atomic E-state index is 11.8. The summed E-state index contributed by atoms with van der Waals surface area (Å²) in [6.45, 7) is 7.36. The number of esters is 1. The fraction of sp³-hybridized carbons (Fsp3) is 0.550. The van der Waals surface area contributed by atoms with Gasteiger partial charge in [-0.1, -0.05) is 19.9 Å². The smallest absolute Gasteiger partial charge is 0.306 e. The Bertz CT molecular complexity index is 664. The summed E-state index contributed by atoms with van der Waals surface area (Å²) < 4.78 is 15.9. The van der Waals surface area contributed by atoms with Gasteiger partial charge in [-0.25, -0.2) is 0 Å². The molecule has 1 aromatic rings. The van der Waals surface area contributed by atoms with Gasteiger partial charge in [-0.3, -0.25) is 9.59 Å². The Morgan fingerprint density at radius 2 is 1.93 bits per heavy atom. The van der Waals surface area contributed by atoms with Crippen LogP contribution in [0.4, 0.5) is 0 Å². The average molecular weight is 411 g/mol. The molecule has 0 saturated carbocycles. The van der Waals surface area contributed by atoms with E-state index in [0.717, 1.165) is 12.0 Å². The van der Waals surface area contributed by atoms with E-state index in [2.05, 4.69) is 24.5 Å². The van der Waals surface area contributed by atoms with Crippen molar-refractivity contribution in [3.05, 3.63) is 23.8 Å². The lowest BCUT2D eigenvalue weighted by Crippen LogP contribution is -2.39. The summed E-state index contributed by atoms with van der Waals surface area (Å²) in [5.74, 6) is 1.17. The number of ether oxygens (including phenoxy) is 3. The molecule has 0 radical (unpaired) electrons. The van der Waals surface area contributed by atoms with Crippen molar-refractivity contribution in [2.24, 2.45) is 5.92 Å². The fourth-order valence-electron chi connectivity index (χ4n) is 2.21. The third-order valence-corrected chi connectivity index (χ3v) is 3.99. The van der Waals surface area contributed by atoms with Crippen LogP contribution in [0.3, 0.4) is 0 Å². The summed E-state index contributed by atoms with van der Waals surface area (Å²) >= 11 is 5.11. The fourth-order valence-corrected chi connectivity index (χ4v) is 2.40. The van der Waals surface area contributed by atoms with Gasteiger partial charge in [0.15, 0.2) is 16.6 Å². The first-order valence-corrected chi connectivity index (χ1v) is 9.79. The standard InChI is InChI=1S/C20H30N2O5S/c1-5-26-19(24)9-8-18(23)22-20(28)21-13-15-6-7-16(17(12-15)25-4)27-11-10-14(2)3/h6-7,12,14H,5,8-11,13H2,1-4H3,(H2,21,22,23,28). The maximum absolute atomic E-state index is 11.8. The second kappa shape index (κ2) is 12.9. The first kappa shape index (κ1) is 23.7. The second-order valence-electron chi connectivity index (χ2n) is 6.55. The molecule has 7 nitrogen and oxygen atoms in total. The molecule has 0 atom stereocenters. The van der Waals surface area contributed by atoms with Crippen LogP contribution in [0, 0.1) is 5.92 Å². The number of thiocarbonyl (C=S) groups is 1. The quantitative estimate of drug-likeness (QED) is 0.428. The largest absolute Gasteiger partial charge is 0.493 e. The molecule has 8 heteroatoms. The predicted octanol–water partition coefficient (Wildman–Crippen LogP) is 2.95. The monoisotopic (exact) mass is 410 g/mol. The van der Waals surface area contributed by atoms with Crippen molar-refractivity contribution < 1.29 is 23.8 Å². The van der Waals surface area contributed by atoms with Crippen LogP contribution >= 0.6 is 12.2 Å². The van der Waals surface area contributed by atoms with Crippen LogP contribution in [-0.2, 0) is 20.9 Å². The molecule has 1 rings (SSSR count).